The van der Waals surface area contributed by atoms with Gasteiger partial charge in [-0.3, -0.25) is 4.98 Å². The summed E-state index contributed by atoms with van der Waals surface area (Å²) in [6, 6.07) is 4.29. The van der Waals surface area contributed by atoms with E-state index < -0.39 is 0 Å². The van der Waals surface area contributed by atoms with Crippen molar-refractivity contribution in [1.29, 1.82) is 0 Å². The molecule has 21 heavy (non-hydrogen) atoms. The van der Waals surface area contributed by atoms with Crippen LogP contribution in [-0.2, 0) is 0 Å². The van der Waals surface area contributed by atoms with E-state index in [-0.39, 0.29) is 18.1 Å². The molecule has 0 spiro atoms. The van der Waals surface area contributed by atoms with Gasteiger partial charge in [-0.05, 0) is 30.5 Å². The fraction of sp³-hybridized carbons (Fsp3) is 0.625. The average molecular weight is 307 g/mol. The topological polar surface area (TPSA) is 45.2 Å². The van der Waals surface area contributed by atoms with Crippen LogP contribution < -0.4 is 5.32 Å². The number of carbonyl (C=O) groups excluding carboxylic acids is 1. The quantitative estimate of drug-likeness (QED) is 0.932. The fourth-order valence-electron chi connectivity index (χ4n) is 2.64. The summed E-state index contributed by atoms with van der Waals surface area (Å²) in [4.78, 5) is 18.7. The minimum absolute atomic E-state index is 0.0255. The first-order valence-corrected chi connectivity index (χ1v) is 8.64. The van der Waals surface area contributed by atoms with E-state index in [1.54, 1.807) is 12.4 Å². The monoisotopic (exact) mass is 307 g/mol. The molecule has 0 bridgehead atoms. The van der Waals surface area contributed by atoms with Crippen molar-refractivity contribution < 1.29 is 4.79 Å². The summed E-state index contributed by atoms with van der Waals surface area (Å²) in [5.74, 6) is 1.35. The second kappa shape index (κ2) is 7.16. The van der Waals surface area contributed by atoms with Crippen LogP contribution in [0.15, 0.2) is 24.5 Å². The maximum atomic E-state index is 12.6. The fourth-order valence-corrected chi connectivity index (χ4v) is 3.74. The number of pyridine rings is 1. The SMILES string of the molecule is CC(C)[C@H](NC(=O)N1CCS[C@@H](C)[C@H]1C)c1ccncc1. The summed E-state index contributed by atoms with van der Waals surface area (Å²) in [6.45, 7) is 9.40. The second-order valence-corrected chi connectivity index (χ2v) is 7.45. The van der Waals surface area contributed by atoms with Gasteiger partial charge >= 0.3 is 6.03 Å². The number of urea groups is 1. The number of nitrogens with zero attached hydrogens (tertiary/aromatic N) is 2. The van der Waals surface area contributed by atoms with Gasteiger partial charge in [-0.25, -0.2) is 4.79 Å². The van der Waals surface area contributed by atoms with Gasteiger partial charge in [0.2, 0.25) is 0 Å². The first-order valence-electron chi connectivity index (χ1n) is 7.59. The van der Waals surface area contributed by atoms with Gasteiger partial charge in [-0.15, -0.1) is 0 Å². The molecule has 1 aliphatic rings. The van der Waals surface area contributed by atoms with Gasteiger partial charge < -0.3 is 10.2 Å². The van der Waals surface area contributed by atoms with Crippen LogP contribution in [0.25, 0.3) is 0 Å². The van der Waals surface area contributed by atoms with Crippen molar-refractivity contribution in [3.05, 3.63) is 30.1 Å². The smallest absolute Gasteiger partial charge is 0.318 e. The maximum absolute atomic E-state index is 12.6. The largest absolute Gasteiger partial charge is 0.331 e. The van der Waals surface area contributed by atoms with E-state index in [0.717, 1.165) is 17.9 Å². The van der Waals surface area contributed by atoms with Crippen molar-refractivity contribution in [3.63, 3.8) is 0 Å². The number of aromatic nitrogens is 1. The molecule has 2 amide bonds. The maximum Gasteiger partial charge on any atom is 0.318 e. The molecule has 0 radical (unpaired) electrons. The van der Waals surface area contributed by atoms with Crippen molar-refractivity contribution in [3.8, 4) is 0 Å². The molecule has 1 fully saturated rings. The lowest BCUT2D eigenvalue weighted by atomic mass is 9.97. The van der Waals surface area contributed by atoms with Crippen LogP contribution in [0.3, 0.4) is 0 Å². The van der Waals surface area contributed by atoms with Gasteiger partial charge in [0.1, 0.15) is 0 Å². The molecule has 5 heteroatoms. The van der Waals surface area contributed by atoms with Crippen molar-refractivity contribution in [1.82, 2.24) is 15.2 Å². The molecular formula is C16H25N3OS. The Kier molecular flexibility index (Phi) is 5.51. The van der Waals surface area contributed by atoms with E-state index >= 15 is 0 Å². The highest BCUT2D eigenvalue weighted by Crippen LogP contribution is 2.26. The highest BCUT2D eigenvalue weighted by molar-refractivity contribution is 8.00. The summed E-state index contributed by atoms with van der Waals surface area (Å²) in [6.07, 6.45) is 3.55. The number of nitrogens with one attached hydrogen (secondary N) is 1. The zero-order valence-corrected chi connectivity index (χ0v) is 14.1. The first kappa shape index (κ1) is 16.1. The lowest BCUT2D eigenvalue weighted by molar-refractivity contribution is 0.173. The highest BCUT2D eigenvalue weighted by atomic mass is 32.2. The van der Waals surface area contributed by atoms with Crippen molar-refractivity contribution >= 4 is 17.8 Å². The normalized spacial score (nSPS) is 24.0. The average Bonchev–Trinajstić information content (AvgIpc) is 2.48. The molecule has 1 aliphatic heterocycles. The van der Waals surface area contributed by atoms with Gasteiger partial charge in [-0.2, -0.15) is 11.8 Å². The third-order valence-corrected chi connectivity index (χ3v) is 5.49. The highest BCUT2D eigenvalue weighted by Gasteiger charge is 2.30. The van der Waals surface area contributed by atoms with E-state index in [9.17, 15) is 4.79 Å². The van der Waals surface area contributed by atoms with E-state index in [4.69, 9.17) is 0 Å². The molecule has 1 aromatic heterocycles. The zero-order chi connectivity index (χ0) is 15.4. The van der Waals surface area contributed by atoms with Gasteiger partial charge in [0, 0.05) is 36.0 Å². The van der Waals surface area contributed by atoms with E-state index in [1.165, 1.54) is 0 Å². The van der Waals surface area contributed by atoms with Crippen LogP contribution in [0.1, 0.15) is 39.3 Å². The summed E-state index contributed by atoms with van der Waals surface area (Å²) in [7, 11) is 0. The molecule has 116 valence electrons. The van der Waals surface area contributed by atoms with Crippen LogP contribution in [0.4, 0.5) is 4.79 Å². The van der Waals surface area contributed by atoms with Crippen LogP contribution >= 0.6 is 11.8 Å². The van der Waals surface area contributed by atoms with Crippen LogP contribution in [0.2, 0.25) is 0 Å². The zero-order valence-electron chi connectivity index (χ0n) is 13.2. The third kappa shape index (κ3) is 3.90. The Balaban J connectivity index is 2.08. The molecule has 4 nitrogen and oxygen atoms in total. The van der Waals surface area contributed by atoms with E-state index in [1.807, 2.05) is 28.8 Å². The van der Waals surface area contributed by atoms with Crippen molar-refractivity contribution in [2.45, 2.75) is 45.0 Å². The Morgan fingerprint density at radius 3 is 2.67 bits per heavy atom. The Hall–Kier alpha value is -1.23. The number of amides is 2. The third-order valence-electron chi connectivity index (χ3n) is 4.16. The van der Waals surface area contributed by atoms with Crippen molar-refractivity contribution in [2.75, 3.05) is 12.3 Å². The van der Waals surface area contributed by atoms with Crippen molar-refractivity contribution in [2.24, 2.45) is 5.92 Å². The predicted octanol–water partition coefficient (Wildman–Crippen LogP) is 3.31. The number of carbonyl (C=O) groups is 1. The first-order chi connectivity index (χ1) is 10.0. The van der Waals surface area contributed by atoms with Crippen LogP contribution in [0.5, 0.6) is 0 Å². The molecule has 0 saturated carbocycles. The van der Waals surface area contributed by atoms with E-state index in [0.29, 0.717) is 11.2 Å². The standard InChI is InChI=1S/C16H25N3OS/c1-11(2)15(14-5-7-17-8-6-14)18-16(20)19-9-10-21-13(4)12(19)3/h5-8,11-13,15H,9-10H2,1-4H3,(H,18,20)/t12-,13+,15+/m1/s1. The van der Waals surface area contributed by atoms with Gasteiger partial charge in [0.25, 0.3) is 0 Å². The minimum atomic E-state index is 0.0255. The summed E-state index contributed by atoms with van der Waals surface area (Å²) in [5.41, 5.74) is 1.11. The molecule has 0 aromatic carbocycles. The summed E-state index contributed by atoms with van der Waals surface area (Å²) < 4.78 is 0. The molecule has 1 N–H and O–H groups in total. The molecule has 2 rings (SSSR count). The summed E-state index contributed by atoms with van der Waals surface area (Å²) >= 11 is 1.94. The van der Waals surface area contributed by atoms with Crippen LogP contribution in [0, 0.1) is 5.92 Å². The molecule has 2 heterocycles. The number of thioether (sulfide) groups is 1. The van der Waals surface area contributed by atoms with Gasteiger partial charge in [-0.1, -0.05) is 20.8 Å². The van der Waals surface area contributed by atoms with E-state index in [2.05, 4.69) is 38.0 Å². The number of rotatable bonds is 3. The lowest BCUT2D eigenvalue weighted by Gasteiger charge is -2.38. The number of hydrogen-bond acceptors (Lipinski definition) is 3. The minimum Gasteiger partial charge on any atom is -0.331 e. The summed E-state index contributed by atoms with van der Waals surface area (Å²) in [5, 5.41) is 3.69. The Morgan fingerprint density at radius 2 is 2.05 bits per heavy atom. The lowest BCUT2D eigenvalue weighted by Crippen LogP contribution is -2.52. The Bertz CT molecular complexity index is 466. The van der Waals surface area contributed by atoms with Gasteiger partial charge in [0.15, 0.2) is 0 Å². The van der Waals surface area contributed by atoms with Gasteiger partial charge in [0.05, 0.1) is 6.04 Å². The second-order valence-electron chi connectivity index (χ2n) is 5.96. The molecular weight excluding hydrogens is 282 g/mol. The molecule has 3 atom stereocenters. The predicted molar refractivity (Wildman–Crippen MR) is 88.4 cm³/mol. The Morgan fingerprint density at radius 1 is 1.38 bits per heavy atom. The molecule has 0 aliphatic carbocycles. The molecule has 0 unspecified atom stereocenters. The Labute approximate surface area is 131 Å². The molecule has 1 aromatic rings. The molecule has 1 saturated heterocycles. The number of hydrogen-bond donors (Lipinski definition) is 1. The van der Waals surface area contributed by atoms with Crippen LogP contribution in [-0.4, -0.2) is 39.5 Å².